The molecule has 0 unspecified atom stereocenters. The number of benzene rings is 1. The zero-order valence-corrected chi connectivity index (χ0v) is 15.1. The third-order valence-corrected chi connectivity index (χ3v) is 5.39. The van der Waals surface area contributed by atoms with E-state index in [2.05, 4.69) is 9.55 Å². The Morgan fingerprint density at radius 1 is 0.885 bits per heavy atom. The average Bonchev–Trinajstić information content (AvgIpc) is 3.05. The second kappa shape index (κ2) is 6.94. The van der Waals surface area contributed by atoms with Crippen molar-refractivity contribution in [1.29, 1.82) is 0 Å². The van der Waals surface area contributed by atoms with Gasteiger partial charge in [0.05, 0.1) is 5.69 Å². The maximum atomic E-state index is 13.0. The van der Waals surface area contributed by atoms with Crippen molar-refractivity contribution in [3.05, 3.63) is 53.1 Å². The molecule has 0 N–H and O–H groups in total. The van der Waals surface area contributed by atoms with E-state index in [0.29, 0.717) is 37.4 Å². The Balaban J connectivity index is 1.44. The lowest BCUT2D eigenvalue weighted by atomic mass is 10.1. The number of carbonyl (C=O) groups is 2. The molecular weight excluding hydrogens is 328 g/mol. The van der Waals surface area contributed by atoms with Crippen LogP contribution in [0.1, 0.15) is 45.2 Å². The summed E-state index contributed by atoms with van der Waals surface area (Å²) in [5.41, 5.74) is 2.40. The lowest BCUT2D eigenvalue weighted by Crippen LogP contribution is -2.50. The minimum absolute atomic E-state index is 0.00978. The molecule has 0 atom stereocenters. The number of hydrogen-bond acceptors (Lipinski definition) is 3. The Labute approximate surface area is 153 Å². The van der Waals surface area contributed by atoms with Crippen molar-refractivity contribution in [2.24, 2.45) is 0 Å². The van der Waals surface area contributed by atoms with Gasteiger partial charge >= 0.3 is 0 Å². The number of amides is 2. The lowest BCUT2D eigenvalue weighted by Gasteiger charge is -2.34. The number of nitrogens with zero attached hydrogens (tertiary/aromatic N) is 4. The van der Waals surface area contributed by atoms with Crippen LogP contribution >= 0.6 is 0 Å². The lowest BCUT2D eigenvalue weighted by molar-refractivity contribution is 0.0531. The Morgan fingerprint density at radius 2 is 1.54 bits per heavy atom. The number of hydrogen-bond donors (Lipinski definition) is 0. The van der Waals surface area contributed by atoms with Crippen LogP contribution in [0.4, 0.5) is 0 Å². The SMILES string of the molecule is Cc1nc(C(=O)N2CCN(C(=O)c3ccccc3)CC2)c2n1CCCC2. The molecule has 26 heavy (non-hydrogen) atoms. The first kappa shape index (κ1) is 16.8. The maximum absolute atomic E-state index is 13.0. The first-order valence-electron chi connectivity index (χ1n) is 9.35. The predicted molar refractivity (Wildman–Crippen MR) is 98.2 cm³/mol. The first-order valence-corrected chi connectivity index (χ1v) is 9.35. The molecule has 0 spiro atoms. The van der Waals surface area contributed by atoms with Crippen LogP contribution in [0.5, 0.6) is 0 Å². The molecule has 0 radical (unpaired) electrons. The van der Waals surface area contributed by atoms with Crippen LogP contribution in [-0.2, 0) is 13.0 Å². The maximum Gasteiger partial charge on any atom is 0.274 e. The molecule has 2 amide bonds. The van der Waals surface area contributed by atoms with Gasteiger partial charge in [0.25, 0.3) is 11.8 Å². The fourth-order valence-electron chi connectivity index (χ4n) is 3.92. The second-order valence-corrected chi connectivity index (χ2v) is 7.01. The molecule has 0 saturated carbocycles. The summed E-state index contributed by atoms with van der Waals surface area (Å²) >= 11 is 0. The molecule has 0 bridgehead atoms. The monoisotopic (exact) mass is 352 g/mol. The fraction of sp³-hybridized carbons (Fsp3) is 0.450. The number of aromatic nitrogens is 2. The molecule has 1 aromatic heterocycles. The van der Waals surface area contributed by atoms with Crippen LogP contribution in [0.3, 0.4) is 0 Å². The fourth-order valence-corrected chi connectivity index (χ4v) is 3.92. The van der Waals surface area contributed by atoms with Gasteiger partial charge in [-0.15, -0.1) is 0 Å². The third kappa shape index (κ3) is 3.00. The largest absolute Gasteiger partial charge is 0.335 e. The summed E-state index contributed by atoms with van der Waals surface area (Å²) in [5.74, 6) is 0.976. The van der Waals surface area contributed by atoms with Crippen molar-refractivity contribution >= 4 is 11.8 Å². The van der Waals surface area contributed by atoms with Crippen molar-refractivity contribution < 1.29 is 9.59 Å². The average molecular weight is 352 g/mol. The number of imidazole rings is 1. The summed E-state index contributed by atoms with van der Waals surface area (Å²) in [6.07, 6.45) is 3.19. The number of aryl methyl sites for hydroxylation is 1. The Morgan fingerprint density at radius 3 is 2.23 bits per heavy atom. The van der Waals surface area contributed by atoms with Gasteiger partial charge in [0.1, 0.15) is 11.5 Å². The summed E-state index contributed by atoms with van der Waals surface area (Å²) < 4.78 is 2.19. The van der Waals surface area contributed by atoms with Gasteiger partial charge in [-0.2, -0.15) is 0 Å². The van der Waals surface area contributed by atoms with E-state index in [-0.39, 0.29) is 11.8 Å². The van der Waals surface area contributed by atoms with E-state index < -0.39 is 0 Å². The topological polar surface area (TPSA) is 58.4 Å². The molecule has 3 heterocycles. The van der Waals surface area contributed by atoms with E-state index in [1.165, 1.54) is 0 Å². The molecule has 2 aromatic rings. The van der Waals surface area contributed by atoms with Crippen LogP contribution in [0.25, 0.3) is 0 Å². The van der Waals surface area contributed by atoms with E-state index in [9.17, 15) is 9.59 Å². The van der Waals surface area contributed by atoms with E-state index in [0.717, 1.165) is 37.3 Å². The van der Waals surface area contributed by atoms with Crippen molar-refractivity contribution in [2.45, 2.75) is 32.7 Å². The zero-order chi connectivity index (χ0) is 18.1. The minimum atomic E-state index is 0.00978. The van der Waals surface area contributed by atoms with Crippen LogP contribution in [0, 0.1) is 6.92 Å². The van der Waals surface area contributed by atoms with Gasteiger partial charge in [-0.25, -0.2) is 4.98 Å². The Bertz CT molecular complexity index is 820. The van der Waals surface area contributed by atoms with Crippen molar-refractivity contribution in [2.75, 3.05) is 26.2 Å². The van der Waals surface area contributed by atoms with Crippen LogP contribution in [-0.4, -0.2) is 57.3 Å². The van der Waals surface area contributed by atoms with Gasteiger partial charge in [-0.1, -0.05) is 18.2 Å². The van der Waals surface area contributed by atoms with E-state index in [4.69, 9.17) is 0 Å². The molecule has 2 aliphatic heterocycles. The first-order chi connectivity index (χ1) is 12.6. The van der Waals surface area contributed by atoms with Gasteiger partial charge in [-0.05, 0) is 38.3 Å². The van der Waals surface area contributed by atoms with Gasteiger partial charge in [0, 0.05) is 38.3 Å². The van der Waals surface area contributed by atoms with Crippen molar-refractivity contribution in [3.63, 3.8) is 0 Å². The van der Waals surface area contributed by atoms with Gasteiger partial charge in [-0.3, -0.25) is 9.59 Å². The molecular formula is C20H24N4O2. The quantitative estimate of drug-likeness (QED) is 0.832. The summed E-state index contributed by atoms with van der Waals surface area (Å²) in [5, 5.41) is 0. The minimum Gasteiger partial charge on any atom is -0.335 e. The smallest absolute Gasteiger partial charge is 0.274 e. The summed E-state index contributed by atoms with van der Waals surface area (Å²) in [6.45, 7) is 5.18. The normalized spacial score (nSPS) is 17.1. The number of piperazine rings is 1. The van der Waals surface area contributed by atoms with E-state index in [1.807, 2.05) is 47.1 Å². The molecule has 1 aromatic carbocycles. The molecule has 0 aliphatic carbocycles. The number of fused-ring (bicyclic) bond motifs is 1. The molecule has 6 heteroatoms. The second-order valence-electron chi connectivity index (χ2n) is 7.01. The highest BCUT2D eigenvalue weighted by Crippen LogP contribution is 2.22. The number of carbonyl (C=O) groups excluding carboxylic acids is 2. The standard InChI is InChI=1S/C20H24N4O2/c1-15-21-18(17-9-5-6-10-24(15)17)20(26)23-13-11-22(12-14-23)19(25)16-7-3-2-4-8-16/h2-4,7-8H,5-6,9-14H2,1H3. The van der Waals surface area contributed by atoms with Gasteiger partial charge in [0.2, 0.25) is 0 Å². The predicted octanol–water partition coefficient (Wildman–Crippen LogP) is 2.13. The van der Waals surface area contributed by atoms with Crippen LogP contribution in [0.2, 0.25) is 0 Å². The van der Waals surface area contributed by atoms with Crippen LogP contribution in [0.15, 0.2) is 30.3 Å². The van der Waals surface area contributed by atoms with E-state index >= 15 is 0 Å². The van der Waals surface area contributed by atoms with Crippen molar-refractivity contribution in [3.8, 4) is 0 Å². The molecule has 2 aliphatic rings. The van der Waals surface area contributed by atoms with Crippen LogP contribution < -0.4 is 0 Å². The zero-order valence-electron chi connectivity index (χ0n) is 15.1. The highest BCUT2D eigenvalue weighted by Gasteiger charge is 2.29. The molecule has 1 fully saturated rings. The summed E-state index contributed by atoms with van der Waals surface area (Å²) in [6, 6.07) is 9.31. The Hall–Kier alpha value is -2.63. The molecule has 4 rings (SSSR count). The van der Waals surface area contributed by atoms with E-state index in [1.54, 1.807) is 0 Å². The van der Waals surface area contributed by atoms with Gasteiger partial charge < -0.3 is 14.4 Å². The van der Waals surface area contributed by atoms with Crippen molar-refractivity contribution in [1.82, 2.24) is 19.4 Å². The highest BCUT2D eigenvalue weighted by molar-refractivity contribution is 5.95. The third-order valence-electron chi connectivity index (χ3n) is 5.39. The number of rotatable bonds is 2. The summed E-state index contributed by atoms with van der Waals surface area (Å²) in [7, 11) is 0. The Kier molecular flexibility index (Phi) is 4.49. The van der Waals surface area contributed by atoms with Gasteiger partial charge in [0.15, 0.2) is 0 Å². The molecule has 6 nitrogen and oxygen atoms in total. The molecule has 1 saturated heterocycles. The summed E-state index contributed by atoms with van der Waals surface area (Å²) in [4.78, 5) is 33.8. The highest BCUT2D eigenvalue weighted by atomic mass is 16.2. The molecule has 136 valence electrons.